The summed E-state index contributed by atoms with van der Waals surface area (Å²) in [7, 11) is 0. The number of carbonyl (C=O) groups excluding carboxylic acids is 2. The Morgan fingerprint density at radius 2 is 1.63 bits per heavy atom. The minimum absolute atomic E-state index is 0.0628. The standard InChI is InChI=1S/C36H38F3N3O4/c1-24-31(34(43)16-13-28-4-2-3-21-45-28)14-15-33-32(24)23-42(40-33)22-25-17-19-41(20-18-25)35(44)26-5-9-29(10-6-26)46-30-11-7-27(8-12-30)36(37,38)39/h5-12,14-15,23,25,28H,2-4,13,16-22H2,1H3. The molecule has 3 aromatic carbocycles. The second kappa shape index (κ2) is 13.7. The lowest BCUT2D eigenvalue weighted by Crippen LogP contribution is -2.39. The van der Waals surface area contributed by atoms with Gasteiger partial charge in [-0.05, 0) is 118 Å². The predicted octanol–water partition coefficient (Wildman–Crippen LogP) is 8.24. The number of halogens is 3. The molecule has 242 valence electrons. The highest BCUT2D eigenvalue weighted by atomic mass is 19.4. The number of rotatable bonds is 9. The van der Waals surface area contributed by atoms with Crippen molar-refractivity contribution in [1.29, 1.82) is 0 Å². The van der Waals surface area contributed by atoms with Crippen LogP contribution in [0.1, 0.15) is 76.8 Å². The zero-order valence-corrected chi connectivity index (χ0v) is 25.9. The number of aromatic nitrogens is 2. The van der Waals surface area contributed by atoms with E-state index in [1.807, 2.05) is 34.8 Å². The molecule has 1 aromatic heterocycles. The third-order valence-electron chi connectivity index (χ3n) is 9.14. The largest absolute Gasteiger partial charge is 0.457 e. The van der Waals surface area contributed by atoms with Crippen molar-refractivity contribution in [2.24, 2.45) is 5.92 Å². The lowest BCUT2D eigenvalue weighted by molar-refractivity contribution is -0.137. The second-order valence-corrected chi connectivity index (χ2v) is 12.4. The lowest BCUT2D eigenvalue weighted by atomic mass is 9.96. The summed E-state index contributed by atoms with van der Waals surface area (Å²) in [6.45, 7) is 4.80. The third-order valence-corrected chi connectivity index (χ3v) is 9.14. The summed E-state index contributed by atoms with van der Waals surface area (Å²) in [4.78, 5) is 28.1. The number of hydrogen-bond acceptors (Lipinski definition) is 5. The number of benzene rings is 3. The van der Waals surface area contributed by atoms with E-state index in [4.69, 9.17) is 14.6 Å². The van der Waals surface area contributed by atoms with Crippen LogP contribution < -0.4 is 4.74 Å². The Balaban J connectivity index is 1.00. The molecule has 0 spiro atoms. The van der Waals surface area contributed by atoms with Gasteiger partial charge in [0.15, 0.2) is 5.78 Å². The highest BCUT2D eigenvalue weighted by Gasteiger charge is 2.30. The van der Waals surface area contributed by atoms with Crippen LogP contribution in [0.2, 0.25) is 0 Å². The molecular formula is C36H38F3N3O4. The Morgan fingerprint density at radius 1 is 0.935 bits per heavy atom. The van der Waals surface area contributed by atoms with Crippen molar-refractivity contribution in [3.05, 3.63) is 89.1 Å². The van der Waals surface area contributed by atoms with Crippen LogP contribution in [0.3, 0.4) is 0 Å². The van der Waals surface area contributed by atoms with E-state index in [0.29, 0.717) is 36.7 Å². The van der Waals surface area contributed by atoms with Gasteiger partial charge in [-0.3, -0.25) is 14.3 Å². The van der Waals surface area contributed by atoms with Crippen LogP contribution in [-0.2, 0) is 17.5 Å². The average Bonchev–Trinajstić information content (AvgIpc) is 3.48. The Labute approximate surface area is 266 Å². The molecule has 1 unspecified atom stereocenters. The van der Waals surface area contributed by atoms with Crippen molar-refractivity contribution in [2.75, 3.05) is 19.7 Å². The molecule has 1 atom stereocenters. The molecule has 7 nitrogen and oxygen atoms in total. The summed E-state index contributed by atoms with van der Waals surface area (Å²) in [5.74, 6) is 1.17. The fourth-order valence-electron chi connectivity index (χ4n) is 6.42. The maximum Gasteiger partial charge on any atom is 0.416 e. The van der Waals surface area contributed by atoms with E-state index >= 15 is 0 Å². The van der Waals surface area contributed by atoms with Crippen molar-refractivity contribution in [3.63, 3.8) is 0 Å². The van der Waals surface area contributed by atoms with Gasteiger partial charge >= 0.3 is 6.18 Å². The molecule has 0 bridgehead atoms. The summed E-state index contributed by atoms with van der Waals surface area (Å²) >= 11 is 0. The van der Waals surface area contributed by atoms with Crippen LogP contribution in [0.5, 0.6) is 11.5 Å². The Hall–Kier alpha value is -4.18. The van der Waals surface area contributed by atoms with Gasteiger partial charge in [-0.15, -0.1) is 0 Å². The summed E-state index contributed by atoms with van der Waals surface area (Å²) in [5, 5.41) is 5.78. The number of likely N-dealkylation sites (tertiary alicyclic amines) is 1. The number of Topliss-reactive ketones (excluding diaryl/α,β-unsaturated/α-hetero) is 1. The molecule has 10 heteroatoms. The van der Waals surface area contributed by atoms with Crippen molar-refractivity contribution < 1.29 is 32.2 Å². The molecule has 0 radical (unpaired) electrons. The number of ether oxygens (including phenoxy) is 2. The zero-order chi connectivity index (χ0) is 32.3. The van der Waals surface area contributed by atoms with Crippen molar-refractivity contribution in [1.82, 2.24) is 14.7 Å². The van der Waals surface area contributed by atoms with Crippen LogP contribution in [0, 0.1) is 12.8 Å². The summed E-state index contributed by atoms with van der Waals surface area (Å²) < 4.78 is 51.8. The molecule has 2 saturated heterocycles. The number of amides is 1. The first-order chi connectivity index (χ1) is 22.1. The molecule has 0 aliphatic carbocycles. The smallest absolute Gasteiger partial charge is 0.416 e. The molecule has 3 heterocycles. The average molecular weight is 634 g/mol. The Morgan fingerprint density at radius 3 is 2.28 bits per heavy atom. The monoisotopic (exact) mass is 633 g/mol. The van der Waals surface area contributed by atoms with Crippen LogP contribution in [0.15, 0.2) is 66.9 Å². The van der Waals surface area contributed by atoms with Crippen molar-refractivity contribution in [3.8, 4) is 11.5 Å². The molecule has 2 aliphatic heterocycles. The maximum atomic E-state index is 13.2. The maximum absolute atomic E-state index is 13.2. The molecule has 4 aromatic rings. The van der Waals surface area contributed by atoms with Crippen LogP contribution in [0.4, 0.5) is 13.2 Å². The van der Waals surface area contributed by atoms with Crippen LogP contribution >= 0.6 is 0 Å². The Bertz CT molecular complexity index is 1670. The van der Waals surface area contributed by atoms with E-state index in [-0.39, 0.29) is 23.5 Å². The number of piperidine rings is 1. The summed E-state index contributed by atoms with van der Waals surface area (Å²) in [5.41, 5.74) is 2.39. The van der Waals surface area contributed by atoms with Gasteiger partial charge in [0.2, 0.25) is 0 Å². The fraction of sp³-hybridized carbons (Fsp3) is 0.417. The number of ketones is 1. The topological polar surface area (TPSA) is 73.7 Å². The number of fused-ring (bicyclic) bond motifs is 1. The van der Waals surface area contributed by atoms with Gasteiger partial charge in [0, 0.05) is 55.4 Å². The number of hydrogen-bond donors (Lipinski definition) is 0. The van der Waals surface area contributed by atoms with Crippen LogP contribution in [-0.4, -0.2) is 52.2 Å². The van der Waals surface area contributed by atoms with Gasteiger partial charge in [-0.2, -0.15) is 18.3 Å². The number of aryl methyl sites for hydroxylation is 1. The highest BCUT2D eigenvalue weighted by molar-refractivity contribution is 6.01. The van der Waals surface area contributed by atoms with Gasteiger partial charge in [-0.1, -0.05) is 0 Å². The summed E-state index contributed by atoms with van der Waals surface area (Å²) in [6.07, 6.45) is 4.09. The fourth-order valence-corrected chi connectivity index (χ4v) is 6.42. The first kappa shape index (κ1) is 31.8. The van der Waals surface area contributed by atoms with Crippen LogP contribution in [0.25, 0.3) is 10.9 Å². The molecule has 6 rings (SSSR count). The zero-order valence-electron chi connectivity index (χ0n) is 25.9. The number of alkyl halides is 3. The minimum atomic E-state index is -4.40. The molecule has 1 amide bonds. The van der Waals surface area contributed by atoms with Gasteiger partial charge in [0.25, 0.3) is 5.91 Å². The minimum Gasteiger partial charge on any atom is -0.457 e. The lowest BCUT2D eigenvalue weighted by Gasteiger charge is -2.32. The molecular weight excluding hydrogens is 595 g/mol. The summed E-state index contributed by atoms with van der Waals surface area (Å²) in [6, 6.07) is 15.0. The van der Waals surface area contributed by atoms with E-state index in [1.165, 1.54) is 18.6 Å². The SMILES string of the molecule is Cc1c(C(=O)CCC2CCCCO2)ccc2nn(CC3CCN(C(=O)c4ccc(Oc5ccc(C(F)(F)F)cc5)cc4)CC3)cc12. The third kappa shape index (κ3) is 7.44. The number of nitrogens with zero attached hydrogens (tertiary/aromatic N) is 3. The first-order valence-electron chi connectivity index (χ1n) is 16.0. The van der Waals surface area contributed by atoms with E-state index in [0.717, 1.165) is 79.4 Å². The van der Waals surface area contributed by atoms with Crippen molar-refractivity contribution >= 4 is 22.6 Å². The van der Waals surface area contributed by atoms with Gasteiger partial charge in [0.1, 0.15) is 11.5 Å². The molecule has 0 saturated carbocycles. The quantitative estimate of drug-likeness (QED) is 0.174. The number of carbonyl (C=O) groups is 2. The molecule has 0 N–H and O–H groups in total. The van der Waals surface area contributed by atoms with E-state index < -0.39 is 11.7 Å². The van der Waals surface area contributed by atoms with E-state index in [9.17, 15) is 22.8 Å². The second-order valence-electron chi connectivity index (χ2n) is 12.4. The van der Waals surface area contributed by atoms with E-state index in [1.54, 1.807) is 24.3 Å². The Kier molecular flexibility index (Phi) is 9.44. The highest BCUT2D eigenvalue weighted by Crippen LogP contribution is 2.32. The predicted molar refractivity (Wildman–Crippen MR) is 168 cm³/mol. The van der Waals surface area contributed by atoms with Gasteiger partial charge in [0.05, 0.1) is 17.2 Å². The normalized spacial score (nSPS) is 17.7. The molecule has 2 fully saturated rings. The van der Waals surface area contributed by atoms with E-state index in [2.05, 4.69) is 0 Å². The molecule has 2 aliphatic rings. The van der Waals surface area contributed by atoms with Crippen molar-refractivity contribution in [2.45, 2.75) is 70.7 Å². The first-order valence-corrected chi connectivity index (χ1v) is 16.0. The molecule has 46 heavy (non-hydrogen) atoms. The van der Waals surface area contributed by atoms with Gasteiger partial charge in [-0.25, -0.2) is 0 Å². The van der Waals surface area contributed by atoms with Gasteiger partial charge < -0.3 is 14.4 Å².